The number of furan rings is 1. The monoisotopic (exact) mass is 353 g/mol. The molecule has 112 valence electrons. The number of carbonyl (C=O) groups excluding carboxylic acids is 1. The number of ether oxygens (including phenoxy) is 2. The van der Waals surface area contributed by atoms with Gasteiger partial charge in [0, 0.05) is 11.6 Å². The van der Waals surface area contributed by atoms with Crippen molar-refractivity contribution in [2.45, 2.75) is 6.54 Å². The van der Waals surface area contributed by atoms with Crippen LogP contribution in [0.5, 0.6) is 5.75 Å². The average molecular weight is 354 g/mol. The van der Waals surface area contributed by atoms with Gasteiger partial charge in [0.05, 0.1) is 25.0 Å². The van der Waals surface area contributed by atoms with Crippen LogP contribution in [0.15, 0.2) is 45.5 Å². The van der Waals surface area contributed by atoms with Crippen molar-refractivity contribution in [2.24, 2.45) is 0 Å². The lowest BCUT2D eigenvalue weighted by Gasteiger charge is -2.11. The summed E-state index contributed by atoms with van der Waals surface area (Å²) in [7, 11) is 1.60. The SMILES string of the molecule is COCCOc1ccc(Br)cc1C(=O)NCc1ccco1. The molecule has 0 bridgehead atoms. The van der Waals surface area contributed by atoms with Gasteiger partial charge in [0.15, 0.2) is 0 Å². The third-order valence-corrected chi connectivity index (χ3v) is 3.23. The van der Waals surface area contributed by atoms with Gasteiger partial charge in [-0.3, -0.25) is 4.79 Å². The second-order valence-corrected chi connectivity index (χ2v) is 5.16. The van der Waals surface area contributed by atoms with Crippen LogP contribution >= 0.6 is 15.9 Å². The Balaban J connectivity index is 2.05. The summed E-state index contributed by atoms with van der Waals surface area (Å²) < 4.78 is 16.5. The second-order valence-electron chi connectivity index (χ2n) is 4.24. The average Bonchev–Trinajstić information content (AvgIpc) is 3.00. The van der Waals surface area contributed by atoms with Crippen molar-refractivity contribution >= 4 is 21.8 Å². The van der Waals surface area contributed by atoms with Crippen LogP contribution in [0.1, 0.15) is 16.1 Å². The van der Waals surface area contributed by atoms with Gasteiger partial charge in [0.1, 0.15) is 18.1 Å². The highest BCUT2D eigenvalue weighted by molar-refractivity contribution is 9.10. The molecule has 0 aliphatic carbocycles. The van der Waals surface area contributed by atoms with Crippen LogP contribution in [0.25, 0.3) is 0 Å². The fraction of sp³-hybridized carbons (Fsp3) is 0.267. The third kappa shape index (κ3) is 4.61. The van der Waals surface area contributed by atoms with Gasteiger partial charge in [-0.15, -0.1) is 0 Å². The number of nitrogens with one attached hydrogen (secondary N) is 1. The number of benzene rings is 1. The number of hydrogen-bond donors (Lipinski definition) is 1. The Kier molecular flexibility index (Phi) is 5.83. The van der Waals surface area contributed by atoms with Crippen molar-refractivity contribution in [3.63, 3.8) is 0 Å². The Morgan fingerprint density at radius 2 is 2.19 bits per heavy atom. The number of rotatable bonds is 7. The molecule has 1 N–H and O–H groups in total. The number of hydrogen-bond acceptors (Lipinski definition) is 4. The van der Waals surface area contributed by atoms with Gasteiger partial charge in [-0.2, -0.15) is 0 Å². The van der Waals surface area contributed by atoms with E-state index in [-0.39, 0.29) is 5.91 Å². The summed E-state index contributed by atoms with van der Waals surface area (Å²) in [6, 6.07) is 8.88. The fourth-order valence-electron chi connectivity index (χ4n) is 1.72. The van der Waals surface area contributed by atoms with Crippen LogP contribution in [0.3, 0.4) is 0 Å². The van der Waals surface area contributed by atoms with Gasteiger partial charge < -0.3 is 19.2 Å². The van der Waals surface area contributed by atoms with Gasteiger partial charge in [-0.05, 0) is 30.3 Å². The van der Waals surface area contributed by atoms with E-state index in [1.165, 1.54) is 0 Å². The Hall–Kier alpha value is -1.79. The van der Waals surface area contributed by atoms with E-state index >= 15 is 0 Å². The molecule has 0 saturated heterocycles. The van der Waals surface area contributed by atoms with E-state index < -0.39 is 0 Å². The van der Waals surface area contributed by atoms with Gasteiger partial charge in [-0.25, -0.2) is 0 Å². The maximum absolute atomic E-state index is 12.3. The molecule has 0 saturated carbocycles. The molecule has 1 heterocycles. The maximum Gasteiger partial charge on any atom is 0.255 e. The predicted octanol–water partition coefficient (Wildman–Crippen LogP) is 3.00. The first-order valence-electron chi connectivity index (χ1n) is 6.42. The minimum atomic E-state index is -0.222. The zero-order chi connectivity index (χ0) is 15.1. The quantitative estimate of drug-likeness (QED) is 0.777. The summed E-state index contributed by atoms with van der Waals surface area (Å²) in [4.78, 5) is 12.3. The second kappa shape index (κ2) is 7.85. The Labute approximate surface area is 131 Å². The molecule has 0 fully saturated rings. The highest BCUT2D eigenvalue weighted by atomic mass is 79.9. The van der Waals surface area contributed by atoms with Gasteiger partial charge >= 0.3 is 0 Å². The zero-order valence-electron chi connectivity index (χ0n) is 11.6. The summed E-state index contributed by atoms with van der Waals surface area (Å²) in [5.41, 5.74) is 0.465. The summed E-state index contributed by atoms with van der Waals surface area (Å²) in [5, 5.41) is 2.79. The largest absolute Gasteiger partial charge is 0.490 e. The first-order chi connectivity index (χ1) is 10.2. The summed E-state index contributed by atoms with van der Waals surface area (Å²) in [6.45, 7) is 1.18. The van der Waals surface area contributed by atoms with Crippen molar-refractivity contribution < 1.29 is 18.7 Å². The van der Waals surface area contributed by atoms with E-state index in [0.29, 0.717) is 36.8 Å². The molecule has 1 aromatic heterocycles. The van der Waals surface area contributed by atoms with Crippen LogP contribution in [0.4, 0.5) is 0 Å². The van der Waals surface area contributed by atoms with Crippen molar-refractivity contribution in [1.29, 1.82) is 0 Å². The number of carbonyl (C=O) groups is 1. The summed E-state index contributed by atoms with van der Waals surface area (Å²) in [6.07, 6.45) is 1.57. The minimum absolute atomic E-state index is 0.222. The van der Waals surface area contributed by atoms with E-state index in [0.717, 1.165) is 4.47 Å². The van der Waals surface area contributed by atoms with Crippen LogP contribution in [0.2, 0.25) is 0 Å². The number of halogens is 1. The minimum Gasteiger partial charge on any atom is -0.490 e. The fourth-order valence-corrected chi connectivity index (χ4v) is 2.08. The van der Waals surface area contributed by atoms with Crippen LogP contribution in [-0.4, -0.2) is 26.2 Å². The first-order valence-corrected chi connectivity index (χ1v) is 7.22. The number of methoxy groups -OCH3 is 1. The molecule has 0 aliphatic heterocycles. The van der Waals surface area contributed by atoms with Crippen LogP contribution in [-0.2, 0) is 11.3 Å². The molecule has 5 nitrogen and oxygen atoms in total. The van der Waals surface area contributed by atoms with Crippen molar-refractivity contribution in [3.8, 4) is 5.75 Å². The highest BCUT2D eigenvalue weighted by Gasteiger charge is 2.13. The molecule has 0 unspecified atom stereocenters. The van der Waals surface area contributed by atoms with Crippen LogP contribution < -0.4 is 10.1 Å². The maximum atomic E-state index is 12.3. The summed E-state index contributed by atoms with van der Waals surface area (Å²) >= 11 is 3.36. The predicted molar refractivity (Wildman–Crippen MR) is 81.4 cm³/mol. The molecule has 2 rings (SSSR count). The first kappa shape index (κ1) is 15.6. The van der Waals surface area contributed by atoms with E-state index in [1.807, 2.05) is 6.07 Å². The smallest absolute Gasteiger partial charge is 0.255 e. The third-order valence-electron chi connectivity index (χ3n) is 2.73. The van der Waals surface area contributed by atoms with Crippen molar-refractivity contribution in [2.75, 3.05) is 20.3 Å². The van der Waals surface area contributed by atoms with E-state index in [1.54, 1.807) is 37.6 Å². The normalized spacial score (nSPS) is 10.4. The van der Waals surface area contributed by atoms with Crippen molar-refractivity contribution in [3.05, 3.63) is 52.4 Å². The Bertz CT molecular complexity index is 583. The molecule has 0 radical (unpaired) electrons. The van der Waals surface area contributed by atoms with Crippen LogP contribution in [0, 0.1) is 0 Å². The van der Waals surface area contributed by atoms with Gasteiger partial charge in [0.25, 0.3) is 5.91 Å². The molecular weight excluding hydrogens is 338 g/mol. The lowest BCUT2D eigenvalue weighted by Crippen LogP contribution is -2.23. The molecule has 1 aromatic carbocycles. The molecule has 1 amide bonds. The Morgan fingerprint density at radius 3 is 2.90 bits per heavy atom. The molecular formula is C15H16BrNO4. The van der Waals surface area contributed by atoms with Gasteiger partial charge in [0.2, 0.25) is 0 Å². The molecule has 0 spiro atoms. The molecule has 6 heteroatoms. The molecule has 0 aliphatic rings. The standard InChI is InChI=1S/C15H16BrNO4/c1-19-7-8-21-14-5-4-11(16)9-13(14)15(18)17-10-12-3-2-6-20-12/h2-6,9H,7-8,10H2,1H3,(H,17,18). The zero-order valence-corrected chi connectivity index (χ0v) is 13.2. The molecule has 0 atom stereocenters. The van der Waals surface area contributed by atoms with E-state index in [9.17, 15) is 4.79 Å². The lowest BCUT2D eigenvalue weighted by atomic mass is 10.2. The number of amides is 1. The van der Waals surface area contributed by atoms with Gasteiger partial charge in [-0.1, -0.05) is 15.9 Å². The Morgan fingerprint density at radius 1 is 1.33 bits per heavy atom. The highest BCUT2D eigenvalue weighted by Crippen LogP contribution is 2.23. The molecule has 2 aromatic rings. The van der Waals surface area contributed by atoms with E-state index in [4.69, 9.17) is 13.9 Å². The topological polar surface area (TPSA) is 60.7 Å². The lowest BCUT2D eigenvalue weighted by molar-refractivity contribution is 0.0940. The molecule has 21 heavy (non-hydrogen) atoms. The van der Waals surface area contributed by atoms with E-state index in [2.05, 4.69) is 21.2 Å². The summed E-state index contributed by atoms with van der Waals surface area (Å²) in [5.74, 6) is 0.993. The van der Waals surface area contributed by atoms with Crippen molar-refractivity contribution in [1.82, 2.24) is 5.32 Å².